The van der Waals surface area contributed by atoms with Crippen LogP contribution in [0.1, 0.15) is 5.56 Å². The number of aromatic nitrogens is 1. The number of hydrogen-bond donors (Lipinski definition) is 2. The molecular weight excluding hydrogens is 526 g/mol. The van der Waals surface area contributed by atoms with Crippen molar-refractivity contribution >= 4 is 45.0 Å². The van der Waals surface area contributed by atoms with Crippen molar-refractivity contribution in [1.82, 2.24) is 14.8 Å². The van der Waals surface area contributed by atoms with Crippen LogP contribution in [0, 0.1) is 0 Å². The number of amides is 1. The van der Waals surface area contributed by atoms with E-state index in [1.54, 1.807) is 0 Å². The molecule has 2 saturated heterocycles. The van der Waals surface area contributed by atoms with Gasteiger partial charge in [-0.05, 0) is 60.1 Å². The van der Waals surface area contributed by atoms with E-state index in [2.05, 4.69) is 51.0 Å². The van der Waals surface area contributed by atoms with Crippen LogP contribution in [0.3, 0.4) is 0 Å². The summed E-state index contributed by atoms with van der Waals surface area (Å²) in [7, 11) is 2.16. The lowest BCUT2D eigenvalue weighted by atomic mass is 9.97. The van der Waals surface area contributed by atoms with Crippen molar-refractivity contribution in [3.8, 4) is 16.9 Å². The smallest absolute Gasteiger partial charge is 0.221 e. The highest BCUT2D eigenvalue weighted by Crippen LogP contribution is 2.37. The third-order valence-electron chi connectivity index (χ3n) is 8.04. The van der Waals surface area contributed by atoms with Gasteiger partial charge in [-0.25, -0.2) is 0 Å². The zero-order valence-corrected chi connectivity index (χ0v) is 23.7. The van der Waals surface area contributed by atoms with Gasteiger partial charge in [-0.15, -0.1) is 0 Å². The molecule has 2 aliphatic rings. The predicted molar refractivity (Wildman–Crippen MR) is 162 cm³/mol. The van der Waals surface area contributed by atoms with Crippen molar-refractivity contribution in [3.05, 3.63) is 59.1 Å². The number of morpholine rings is 1. The Hall–Kier alpha value is -3.30. The number of nitrogens with zero attached hydrogens (tertiary/aromatic N) is 3. The second-order valence-electron chi connectivity index (χ2n) is 10.8. The third-order valence-corrected chi connectivity index (χ3v) is 8.34. The zero-order valence-electron chi connectivity index (χ0n) is 22.9. The number of fused-ring (bicyclic) bond motifs is 3. The van der Waals surface area contributed by atoms with E-state index in [9.17, 15) is 4.79 Å². The number of carbonyl (C=O) groups is 1. The Bertz CT molecular complexity index is 1520. The molecule has 0 atom stereocenters. The zero-order chi connectivity index (χ0) is 27.6. The van der Waals surface area contributed by atoms with Crippen LogP contribution in [0.5, 0.6) is 5.75 Å². The van der Waals surface area contributed by atoms with Crippen LogP contribution in [0.25, 0.3) is 32.9 Å². The monoisotopic (exact) mass is 561 g/mol. The maximum absolute atomic E-state index is 12.0. The minimum absolute atomic E-state index is 0.152. The van der Waals surface area contributed by atoms with Crippen LogP contribution in [0.2, 0.25) is 5.02 Å². The van der Waals surface area contributed by atoms with Gasteiger partial charge in [0.25, 0.3) is 0 Å². The van der Waals surface area contributed by atoms with Crippen molar-refractivity contribution in [2.24, 2.45) is 5.73 Å². The Labute approximate surface area is 239 Å². The highest BCUT2D eigenvalue weighted by molar-refractivity contribution is 6.32. The summed E-state index contributed by atoms with van der Waals surface area (Å²) in [6.45, 7) is 8.92. The van der Waals surface area contributed by atoms with Crippen molar-refractivity contribution in [1.29, 1.82) is 0 Å². The number of primary amides is 1. The van der Waals surface area contributed by atoms with E-state index in [1.807, 2.05) is 24.3 Å². The summed E-state index contributed by atoms with van der Waals surface area (Å²) < 4.78 is 11.4. The van der Waals surface area contributed by atoms with E-state index >= 15 is 0 Å². The molecule has 0 aliphatic carbocycles. The number of ether oxygens (including phenoxy) is 2. The first kappa shape index (κ1) is 26.9. The molecule has 3 heterocycles. The molecule has 0 spiro atoms. The first-order valence-corrected chi connectivity index (χ1v) is 14.4. The second kappa shape index (κ2) is 11.7. The fourth-order valence-electron chi connectivity index (χ4n) is 5.73. The van der Waals surface area contributed by atoms with E-state index in [0.29, 0.717) is 17.4 Å². The molecule has 2 aliphatic heterocycles. The molecule has 8 nitrogen and oxygen atoms in total. The third kappa shape index (κ3) is 5.76. The van der Waals surface area contributed by atoms with Crippen molar-refractivity contribution in [3.63, 3.8) is 0 Å². The summed E-state index contributed by atoms with van der Waals surface area (Å²) >= 11 is 6.67. The lowest BCUT2D eigenvalue weighted by molar-refractivity contribution is -0.117. The van der Waals surface area contributed by atoms with Crippen LogP contribution in [-0.2, 0) is 16.0 Å². The Morgan fingerprint density at radius 3 is 2.52 bits per heavy atom. The largest absolute Gasteiger partial charge is 0.491 e. The highest BCUT2D eigenvalue weighted by atomic mass is 35.5. The molecule has 210 valence electrons. The van der Waals surface area contributed by atoms with E-state index in [-0.39, 0.29) is 12.3 Å². The fraction of sp³-hybridized carbons (Fsp3) is 0.387. The highest BCUT2D eigenvalue weighted by Gasteiger charge is 2.18. The van der Waals surface area contributed by atoms with Gasteiger partial charge in [-0.3, -0.25) is 9.69 Å². The minimum Gasteiger partial charge on any atom is -0.491 e. The summed E-state index contributed by atoms with van der Waals surface area (Å²) in [6.07, 6.45) is 0.152. The number of nitrogens with one attached hydrogen (secondary N) is 1. The predicted octanol–water partition coefficient (Wildman–Crippen LogP) is 4.13. The fourth-order valence-corrected chi connectivity index (χ4v) is 5.96. The minimum atomic E-state index is -0.364. The second-order valence-corrected chi connectivity index (χ2v) is 11.2. The molecule has 40 heavy (non-hydrogen) atoms. The molecule has 0 saturated carbocycles. The first-order chi connectivity index (χ1) is 19.4. The van der Waals surface area contributed by atoms with Crippen LogP contribution in [-0.4, -0.2) is 93.4 Å². The van der Waals surface area contributed by atoms with Gasteiger partial charge in [0.15, 0.2) is 0 Å². The average molecular weight is 562 g/mol. The number of rotatable bonds is 8. The number of aromatic amines is 1. The quantitative estimate of drug-likeness (QED) is 0.336. The van der Waals surface area contributed by atoms with Gasteiger partial charge in [0.2, 0.25) is 5.91 Å². The molecule has 6 rings (SSSR count). The molecule has 2 fully saturated rings. The number of H-pyrrole nitrogens is 1. The topological polar surface area (TPSA) is 87.1 Å². The number of anilines is 1. The lowest BCUT2D eigenvalue weighted by Crippen LogP contribution is -2.44. The lowest BCUT2D eigenvalue weighted by Gasteiger charge is -2.34. The molecule has 0 bridgehead atoms. The molecule has 9 heteroatoms. The van der Waals surface area contributed by atoms with Gasteiger partial charge in [-0.2, -0.15) is 0 Å². The van der Waals surface area contributed by atoms with Gasteiger partial charge in [0.05, 0.1) is 30.2 Å². The summed E-state index contributed by atoms with van der Waals surface area (Å²) in [5.41, 5.74) is 11.7. The molecule has 3 N–H and O–H groups in total. The number of likely N-dealkylation sites (N-methyl/N-ethyl adjacent to an activating group) is 1. The van der Waals surface area contributed by atoms with Crippen molar-refractivity contribution < 1.29 is 14.3 Å². The number of hydrogen-bond acceptors (Lipinski definition) is 6. The summed E-state index contributed by atoms with van der Waals surface area (Å²) in [4.78, 5) is 22.7. The normalized spacial score (nSPS) is 17.1. The van der Waals surface area contributed by atoms with Crippen LogP contribution in [0.15, 0.2) is 48.5 Å². The average Bonchev–Trinajstić information content (AvgIpc) is 3.33. The van der Waals surface area contributed by atoms with Crippen LogP contribution >= 0.6 is 11.6 Å². The van der Waals surface area contributed by atoms with E-state index in [4.69, 9.17) is 26.8 Å². The van der Waals surface area contributed by atoms with Crippen molar-refractivity contribution in [2.75, 3.05) is 77.6 Å². The molecule has 0 radical (unpaired) electrons. The number of carbonyl (C=O) groups excluding carboxylic acids is 1. The van der Waals surface area contributed by atoms with E-state index in [1.165, 1.54) is 5.69 Å². The Morgan fingerprint density at radius 2 is 1.77 bits per heavy atom. The Kier molecular flexibility index (Phi) is 7.85. The van der Waals surface area contributed by atoms with Gasteiger partial charge in [0, 0.05) is 67.8 Å². The molecular formula is C31H36ClN5O3. The summed E-state index contributed by atoms with van der Waals surface area (Å²) in [5.74, 6) is 0.304. The molecule has 1 aromatic heterocycles. The molecule has 3 aromatic carbocycles. The maximum Gasteiger partial charge on any atom is 0.221 e. The van der Waals surface area contributed by atoms with Crippen LogP contribution in [0.4, 0.5) is 5.69 Å². The van der Waals surface area contributed by atoms with E-state index < -0.39 is 0 Å². The first-order valence-electron chi connectivity index (χ1n) is 14.0. The van der Waals surface area contributed by atoms with Crippen molar-refractivity contribution in [2.45, 2.75) is 6.42 Å². The Morgan fingerprint density at radius 1 is 0.975 bits per heavy atom. The summed E-state index contributed by atoms with van der Waals surface area (Å²) in [5, 5.41) is 2.75. The van der Waals surface area contributed by atoms with E-state index in [0.717, 1.165) is 97.5 Å². The Balaban J connectivity index is 1.29. The maximum atomic E-state index is 12.0. The SMILES string of the molecule is CN1CCN(c2ccc3c(c2)[nH]c2c(CC(N)=O)cc(-c4ccc(OCCN5CCOCC5)c(Cl)c4)cc23)CC1. The van der Waals surface area contributed by atoms with Gasteiger partial charge in [-0.1, -0.05) is 23.7 Å². The van der Waals surface area contributed by atoms with Gasteiger partial charge in [0.1, 0.15) is 12.4 Å². The van der Waals surface area contributed by atoms with Crippen LogP contribution < -0.4 is 15.4 Å². The standard InChI is InChI=1S/C31H36ClN5O3/c1-35-6-8-37(9-7-35)24-3-4-25-26-17-22(16-23(19-30(33)38)31(26)34-28(25)20-24)21-2-5-29(27(32)18-21)40-15-12-36-10-13-39-14-11-36/h2-5,16-18,20,34H,6-15,19H2,1H3,(H2,33,38). The van der Waals surface area contributed by atoms with Gasteiger partial charge >= 0.3 is 0 Å². The molecule has 1 amide bonds. The number of halogens is 1. The number of piperazine rings is 1. The summed E-state index contributed by atoms with van der Waals surface area (Å²) in [6, 6.07) is 16.7. The van der Waals surface area contributed by atoms with Gasteiger partial charge < -0.3 is 30.0 Å². The molecule has 4 aromatic rings. The molecule has 0 unspecified atom stereocenters. The number of nitrogens with two attached hydrogens (primary N) is 1. The number of benzene rings is 3.